The predicted molar refractivity (Wildman–Crippen MR) is 124 cm³/mol. The van der Waals surface area contributed by atoms with Crippen molar-refractivity contribution in [2.24, 2.45) is 0 Å². The predicted octanol–water partition coefficient (Wildman–Crippen LogP) is 8.99. The lowest BCUT2D eigenvalue weighted by Gasteiger charge is -2.11. The summed E-state index contributed by atoms with van der Waals surface area (Å²) in [4.78, 5) is 0. The van der Waals surface area contributed by atoms with Crippen LogP contribution in [0.4, 0.5) is 17.6 Å². The van der Waals surface area contributed by atoms with Crippen molar-refractivity contribution < 1.29 is 17.6 Å². The molecule has 0 aliphatic carbocycles. The van der Waals surface area contributed by atoms with Gasteiger partial charge in [-0.1, -0.05) is 96.1 Å². The number of hydrogen-bond donors (Lipinski definition) is 0. The number of halogens is 4. The summed E-state index contributed by atoms with van der Waals surface area (Å²) >= 11 is 0. The molecule has 160 valence electrons. The van der Waals surface area contributed by atoms with Gasteiger partial charge in [0.2, 0.25) is 0 Å². The molecule has 0 amide bonds. The molecular formula is C28H20F4. The third kappa shape index (κ3) is 4.09. The summed E-state index contributed by atoms with van der Waals surface area (Å²) in [5.74, 6) is -4.13. The summed E-state index contributed by atoms with van der Waals surface area (Å²) in [6.45, 7) is 3.71. The van der Waals surface area contributed by atoms with Crippen LogP contribution in [0.5, 0.6) is 0 Å². The van der Waals surface area contributed by atoms with Gasteiger partial charge >= 0.3 is 0 Å². The Bertz CT molecular complexity index is 1240. The van der Waals surface area contributed by atoms with Gasteiger partial charge in [-0.05, 0) is 24.6 Å². The van der Waals surface area contributed by atoms with Crippen LogP contribution < -0.4 is 0 Å². The highest BCUT2D eigenvalue weighted by Gasteiger charge is 2.19. The normalized spacial score (nSPS) is 13.1. The summed E-state index contributed by atoms with van der Waals surface area (Å²) < 4.78 is 60.1. The molecule has 0 saturated carbocycles. The molecule has 0 atom stereocenters. The van der Waals surface area contributed by atoms with Gasteiger partial charge in [0.05, 0.1) is 0 Å². The van der Waals surface area contributed by atoms with Crippen molar-refractivity contribution in [3.8, 4) is 0 Å². The molecule has 0 heterocycles. The third-order valence-electron chi connectivity index (χ3n) is 5.39. The van der Waals surface area contributed by atoms with Crippen LogP contribution in [-0.2, 0) is 0 Å². The van der Waals surface area contributed by atoms with Crippen molar-refractivity contribution in [2.75, 3.05) is 0 Å². The largest absolute Gasteiger partial charge is 0.203 e. The lowest BCUT2D eigenvalue weighted by Crippen LogP contribution is -1.92. The quantitative estimate of drug-likeness (QED) is 0.223. The van der Waals surface area contributed by atoms with E-state index in [0.29, 0.717) is 0 Å². The molecule has 0 nitrogen and oxygen atoms in total. The Hall–Kier alpha value is -3.66. The standard InChI is InChI=1S/C28H20F4/c1-17-7-11-19(12-8-17)25(29)27(31)23-15-16-24(22-6-4-3-5-21(22)23)28(32)26(30)20-13-9-18(2)10-14-20/h3-16H,1-2H3/b27-25+,28-26+. The topological polar surface area (TPSA) is 0 Å². The number of aryl methyl sites for hydroxylation is 2. The molecule has 4 aromatic carbocycles. The van der Waals surface area contributed by atoms with Crippen molar-refractivity contribution in [3.05, 3.63) is 118 Å². The van der Waals surface area contributed by atoms with Crippen molar-refractivity contribution in [3.63, 3.8) is 0 Å². The second-order valence-corrected chi connectivity index (χ2v) is 7.69. The summed E-state index contributed by atoms with van der Waals surface area (Å²) in [5, 5.41) is 0.577. The van der Waals surface area contributed by atoms with Crippen LogP contribution in [0.1, 0.15) is 33.4 Å². The van der Waals surface area contributed by atoms with Crippen LogP contribution in [-0.4, -0.2) is 0 Å². The van der Waals surface area contributed by atoms with E-state index in [1.165, 1.54) is 36.4 Å². The zero-order valence-corrected chi connectivity index (χ0v) is 17.6. The SMILES string of the molecule is Cc1ccc(/C(F)=C(\F)c2ccc(/C(F)=C(\F)c3ccc(C)cc3)c3ccccc23)cc1. The fourth-order valence-electron chi connectivity index (χ4n) is 3.57. The summed E-state index contributed by atoms with van der Waals surface area (Å²) in [6.07, 6.45) is 0. The zero-order chi connectivity index (χ0) is 22.8. The molecule has 0 unspecified atom stereocenters. The lowest BCUT2D eigenvalue weighted by atomic mass is 9.96. The first kappa shape index (κ1) is 21.6. The minimum absolute atomic E-state index is 0.0223. The molecule has 0 radical (unpaired) electrons. The van der Waals surface area contributed by atoms with E-state index in [1.807, 2.05) is 13.8 Å². The second kappa shape index (κ2) is 8.83. The molecule has 0 fully saturated rings. The van der Waals surface area contributed by atoms with Gasteiger partial charge in [-0.3, -0.25) is 0 Å². The maximum absolute atomic E-state index is 15.2. The Morgan fingerprint density at radius 2 is 0.781 bits per heavy atom. The van der Waals surface area contributed by atoms with E-state index in [0.717, 1.165) is 11.1 Å². The molecule has 4 aromatic rings. The minimum Gasteiger partial charge on any atom is -0.203 e. The van der Waals surface area contributed by atoms with E-state index >= 15 is 8.78 Å². The maximum atomic E-state index is 15.2. The van der Waals surface area contributed by atoms with E-state index in [4.69, 9.17) is 0 Å². The molecule has 4 rings (SSSR count). The van der Waals surface area contributed by atoms with Crippen molar-refractivity contribution in [1.29, 1.82) is 0 Å². The van der Waals surface area contributed by atoms with E-state index in [1.54, 1.807) is 48.5 Å². The molecule has 32 heavy (non-hydrogen) atoms. The van der Waals surface area contributed by atoms with E-state index in [9.17, 15) is 8.78 Å². The van der Waals surface area contributed by atoms with E-state index in [2.05, 4.69) is 0 Å². The highest BCUT2D eigenvalue weighted by atomic mass is 19.2. The fourth-order valence-corrected chi connectivity index (χ4v) is 3.57. The van der Waals surface area contributed by atoms with Gasteiger partial charge in [0.15, 0.2) is 23.3 Å². The molecule has 0 aliphatic rings. The van der Waals surface area contributed by atoms with Crippen LogP contribution in [0.25, 0.3) is 34.1 Å². The molecule has 0 bridgehead atoms. The smallest absolute Gasteiger partial charge is 0.167 e. The molecule has 0 saturated heterocycles. The van der Waals surface area contributed by atoms with Crippen LogP contribution in [0.3, 0.4) is 0 Å². The third-order valence-corrected chi connectivity index (χ3v) is 5.39. The zero-order valence-electron chi connectivity index (χ0n) is 17.6. The van der Waals surface area contributed by atoms with Crippen LogP contribution >= 0.6 is 0 Å². The first-order valence-corrected chi connectivity index (χ1v) is 10.1. The van der Waals surface area contributed by atoms with Gasteiger partial charge in [0.25, 0.3) is 0 Å². The van der Waals surface area contributed by atoms with Crippen LogP contribution in [0, 0.1) is 13.8 Å². The Balaban J connectivity index is 1.87. The number of hydrogen-bond acceptors (Lipinski definition) is 0. The molecule has 0 aliphatic heterocycles. The summed E-state index contributed by atoms with van der Waals surface area (Å²) in [6, 6.07) is 21.7. The van der Waals surface area contributed by atoms with Crippen LogP contribution in [0.15, 0.2) is 84.9 Å². The monoisotopic (exact) mass is 432 g/mol. The van der Waals surface area contributed by atoms with E-state index < -0.39 is 23.3 Å². The average molecular weight is 432 g/mol. The molecule has 0 spiro atoms. The summed E-state index contributed by atoms with van der Waals surface area (Å²) in [5.41, 5.74) is 2.02. The molecule has 0 aromatic heterocycles. The molecule has 0 N–H and O–H groups in total. The molecule has 4 heteroatoms. The number of rotatable bonds is 4. The van der Waals surface area contributed by atoms with Gasteiger partial charge in [-0.25, -0.2) is 17.6 Å². The lowest BCUT2D eigenvalue weighted by molar-refractivity contribution is 0.699. The minimum atomic E-state index is -1.06. The summed E-state index contributed by atoms with van der Waals surface area (Å²) in [7, 11) is 0. The maximum Gasteiger partial charge on any atom is 0.167 e. The average Bonchev–Trinajstić information content (AvgIpc) is 2.82. The Labute approximate surface area is 184 Å². The Morgan fingerprint density at radius 3 is 1.12 bits per heavy atom. The highest BCUT2D eigenvalue weighted by Crippen LogP contribution is 2.38. The first-order valence-electron chi connectivity index (χ1n) is 10.1. The van der Waals surface area contributed by atoms with Crippen molar-refractivity contribution in [2.45, 2.75) is 13.8 Å². The molecular weight excluding hydrogens is 412 g/mol. The fraction of sp³-hybridized carbons (Fsp3) is 0.0714. The van der Waals surface area contributed by atoms with Gasteiger partial charge < -0.3 is 0 Å². The van der Waals surface area contributed by atoms with Crippen molar-refractivity contribution >= 4 is 34.1 Å². The van der Waals surface area contributed by atoms with Gasteiger partial charge in [0.1, 0.15) is 0 Å². The van der Waals surface area contributed by atoms with E-state index in [-0.39, 0.29) is 33.0 Å². The first-order chi connectivity index (χ1) is 15.4. The highest BCUT2D eigenvalue weighted by molar-refractivity contribution is 6.03. The second-order valence-electron chi connectivity index (χ2n) is 7.69. The van der Waals surface area contributed by atoms with Gasteiger partial charge in [-0.2, -0.15) is 0 Å². The Kier molecular flexibility index (Phi) is 5.95. The van der Waals surface area contributed by atoms with Gasteiger partial charge in [0, 0.05) is 22.3 Å². The van der Waals surface area contributed by atoms with Crippen LogP contribution in [0.2, 0.25) is 0 Å². The number of benzene rings is 4. The number of fused-ring (bicyclic) bond motifs is 1. The van der Waals surface area contributed by atoms with Crippen molar-refractivity contribution in [1.82, 2.24) is 0 Å². The van der Waals surface area contributed by atoms with Gasteiger partial charge in [-0.15, -0.1) is 0 Å². The Morgan fingerprint density at radius 1 is 0.438 bits per heavy atom.